The zero-order valence-electron chi connectivity index (χ0n) is 14.5. The van der Waals surface area contributed by atoms with Crippen LogP contribution < -0.4 is 10.1 Å². The maximum atomic E-state index is 12.4. The summed E-state index contributed by atoms with van der Waals surface area (Å²) in [4.78, 5) is 23.0. The van der Waals surface area contributed by atoms with Gasteiger partial charge in [-0.15, -0.1) is 0 Å². The highest BCUT2D eigenvalue weighted by atomic mass is 16.6. The highest BCUT2D eigenvalue weighted by molar-refractivity contribution is 5.96. The number of benzene rings is 2. The van der Waals surface area contributed by atoms with Crippen LogP contribution in [0.25, 0.3) is 11.0 Å². The van der Waals surface area contributed by atoms with Crippen LogP contribution in [-0.2, 0) is 11.2 Å². The topological polar surface area (TPSA) is 108 Å². The second kappa shape index (κ2) is 6.83. The van der Waals surface area contributed by atoms with Crippen molar-refractivity contribution in [2.24, 2.45) is 0 Å². The van der Waals surface area contributed by atoms with E-state index in [1.165, 1.54) is 19.2 Å². The SMILES string of the molecule is COc1ccc(NC(=O)Cc2noc3c(C)cc(C)cc23)c([N+](=O)[O-])c1. The monoisotopic (exact) mass is 355 g/mol. The molecule has 26 heavy (non-hydrogen) atoms. The van der Waals surface area contributed by atoms with E-state index < -0.39 is 10.8 Å². The molecule has 8 heteroatoms. The number of carbonyl (C=O) groups excluding carboxylic acids is 1. The van der Waals surface area contributed by atoms with Gasteiger partial charge in [0.2, 0.25) is 5.91 Å². The number of nitro benzene ring substituents is 1. The third-order valence-electron chi connectivity index (χ3n) is 3.98. The maximum Gasteiger partial charge on any atom is 0.296 e. The summed E-state index contributed by atoms with van der Waals surface area (Å²) in [5, 5.41) is 18.5. The summed E-state index contributed by atoms with van der Waals surface area (Å²) < 4.78 is 10.3. The van der Waals surface area contributed by atoms with Gasteiger partial charge in [0, 0.05) is 5.39 Å². The number of aryl methyl sites for hydroxylation is 2. The molecule has 3 aromatic rings. The molecule has 8 nitrogen and oxygen atoms in total. The van der Waals surface area contributed by atoms with Gasteiger partial charge in [0.15, 0.2) is 5.58 Å². The van der Waals surface area contributed by atoms with Gasteiger partial charge in [-0.1, -0.05) is 11.2 Å². The fourth-order valence-corrected chi connectivity index (χ4v) is 2.81. The van der Waals surface area contributed by atoms with Crippen molar-refractivity contribution in [1.29, 1.82) is 0 Å². The highest BCUT2D eigenvalue weighted by Gasteiger charge is 2.19. The lowest BCUT2D eigenvalue weighted by Crippen LogP contribution is -2.15. The van der Waals surface area contributed by atoms with Gasteiger partial charge in [0.1, 0.15) is 17.1 Å². The van der Waals surface area contributed by atoms with Crippen molar-refractivity contribution < 1.29 is 19.0 Å². The first-order chi connectivity index (χ1) is 12.4. The fraction of sp³-hybridized carbons (Fsp3) is 0.222. The van der Waals surface area contributed by atoms with E-state index in [-0.39, 0.29) is 17.8 Å². The summed E-state index contributed by atoms with van der Waals surface area (Å²) in [6.45, 7) is 3.86. The van der Waals surface area contributed by atoms with Crippen LogP contribution in [-0.4, -0.2) is 23.1 Å². The fourth-order valence-electron chi connectivity index (χ4n) is 2.81. The minimum Gasteiger partial charge on any atom is -0.496 e. The van der Waals surface area contributed by atoms with Gasteiger partial charge in [0.25, 0.3) is 5.69 Å². The first kappa shape index (κ1) is 17.4. The van der Waals surface area contributed by atoms with Crippen molar-refractivity contribution in [3.63, 3.8) is 0 Å². The molecule has 0 aliphatic rings. The van der Waals surface area contributed by atoms with E-state index in [2.05, 4.69) is 10.5 Å². The lowest BCUT2D eigenvalue weighted by molar-refractivity contribution is -0.384. The molecule has 0 aliphatic carbocycles. The molecule has 0 saturated carbocycles. The maximum absolute atomic E-state index is 12.4. The van der Waals surface area contributed by atoms with E-state index in [4.69, 9.17) is 9.26 Å². The Labute approximate surface area is 148 Å². The molecule has 0 bridgehead atoms. The Morgan fingerprint density at radius 2 is 2.08 bits per heavy atom. The van der Waals surface area contributed by atoms with Crippen LogP contribution >= 0.6 is 0 Å². The van der Waals surface area contributed by atoms with E-state index in [0.29, 0.717) is 17.0 Å². The Hall–Kier alpha value is -3.42. The number of aromatic nitrogens is 1. The van der Waals surface area contributed by atoms with Crippen LogP contribution in [0.15, 0.2) is 34.9 Å². The highest BCUT2D eigenvalue weighted by Crippen LogP contribution is 2.29. The van der Waals surface area contributed by atoms with Gasteiger partial charge < -0.3 is 14.6 Å². The lowest BCUT2D eigenvalue weighted by Gasteiger charge is -2.07. The molecule has 0 radical (unpaired) electrons. The molecular weight excluding hydrogens is 338 g/mol. The van der Waals surface area contributed by atoms with Crippen molar-refractivity contribution in [1.82, 2.24) is 5.16 Å². The van der Waals surface area contributed by atoms with Crippen molar-refractivity contribution in [3.05, 3.63) is 57.3 Å². The normalized spacial score (nSPS) is 10.7. The molecule has 0 fully saturated rings. The Morgan fingerprint density at radius 3 is 2.77 bits per heavy atom. The number of hydrogen-bond acceptors (Lipinski definition) is 6. The second-order valence-electron chi connectivity index (χ2n) is 5.95. The minimum absolute atomic E-state index is 0.0565. The zero-order valence-corrected chi connectivity index (χ0v) is 14.5. The van der Waals surface area contributed by atoms with Gasteiger partial charge in [0.05, 0.1) is 24.5 Å². The molecule has 3 rings (SSSR count). The molecule has 0 unspecified atom stereocenters. The van der Waals surface area contributed by atoms with Crippen LogP contribution in [0.1, 0.15) is 16.8 Å². The van der Waals surface area contributed by atoms with E-state index in [1.54, 1.807) is 6.07 Å². The Balaban J connectivity index is 1.85. The van der Waals surface area contributed by atoms with Gasteiger partial charge in [-0.3, -0.25) is 14.9 Å². The molecule has 1 aromatic heterocycles. The molecular formula is C18H17N3O5. The molecule has 2 aromatic carbocycles. The number of ether oxygens (including phenoxy) is 1. The number of amides is 1. The molecule has 1 N–H and O–H groups in total. The Kier molecular flexibility index (Phi) is 4.57. The van der Waals surface area contributed by atoms with E-state index >= 15 is 0 Å². The molecule has 1 heterocycles. The summed E-state index contributed by atoms with van der Waals surface area (Å²) in [6.07, 6.45) is -0.0565. The summed E-state index contributed by atoms with van der Waals surface area (Å²) in [7, 11) is 1.41. The zero-order chi connectivity index (χ0) is 18.8. The summed E-state index contributed by atoms with van der Waals surface area (Å²) in [5.74, 6) is -0.0872. The predicted octanol–water partition coefficient (Wildman–Crippen LogP) is 3.54. The quantitative estimate of drug-likeness (QED) is 0.554. The van der Waals surface area contributed by atoms with Crippen LogP contribution in [0.5, 0.6) is 5.75 Å². The minimum atomic E-state index is -0.573. The first-order valence-corrected chi connectivity index (χ1v) is 7.87. The number of nitrogens with one attached hydrogen (secondary N) is 1. The van der Waals surface area contributed by atoms with Gasteiger partial charge in [-0.05, 0) is 43.2 Å². The summed E-state index contributed by atoms with van der Waals surface area (Å²) in [5.41, 5.74) is 2.94. The number of carbonyl (C=O) groups is 1. The number of hydrogen-bond donors (Lipinski definition) is 1. The molecule has 0 spiro atoms. The summed E-state index contributed by atoms with van der Waals surface area (Å²) >= 11 is 0. The molecule has 0 saturated heterocycles. The van der Waals surface area contributed by atoms with Crippen LogP contribution in [0.3, 0.4) is 0 Å². The number of anilines is 1. The number of nitrogens with zero attached hydrogens (tertiary/aromatic N) is 2. The number of nitro groups is 1. The van der Waals surface area contributed by atoms with Crippen molar-refractivity contribution >= 4 is 28.3 Å². The third-order valence-corrected chi connectivity index (χ3v) is 3.98. The predicted molar refractivity (Wildman–Crippen MR) is 95.5 cm³/mol. The second-order valence-corrected chi connectivity index (χ2v) is 5.95. The first-order valence-electron chi connectivity index (χ1n) is 7.87. The van der Waals surface area contributed by atoms with Gasteiger partial charge in [-0.25, -0.2) is 0 Å². The van der Waals surface area contributed by atoms with Crippen molar-refractivity contribution in [2.75, 3.05) is 12.4 Å². The Bertz CT molecular complexity index is 1010. The number of fused-ring (bicyclic) bond motifs is 1. The molecule has 134 valence electrons. The smallest absolute Gasteiger partial charge is 0.296 e. The van der Waals surface area contributed by atoms with Crippen molar-refractivity contribution in [2.45, 2.75) is 20.3 Å². The lowest BCUT2D eigenvalue weighted by atomic mass is 10.1. The van der Waals surface area contributed by atoms with E-state index in [9.17, 15) is 14.9 Å². The van der Waals surface area contributed by atoms with Crippen LogP contribution in [0.2, 0.25) is 0 Å². The third kappa shape index (κ3) is 3.34. The van der Waals surface area contributed by atoms with E-state index in [0.717, 1.165) is 16.5 Å². The van der Waals surface area contributed by atoms with Crippen LogP contribution in [0.4, 0.5) is 11.4 Å². The molecule has 1 amide bonds. The summed E-state index contributed by atoms with van der Waals surface area (Å²) in [6, 6.07) is 8.11. The average molecular weight is 355 g/mol. The molecule has 0 atom stereocenters. The molecule has 0 aliphatic heterocycles. The van der Waals surface area contributed by atoms with E-state index in [1.807, 2.05) is 26.0 Å². The number of rotatable bonds is 5. The van der Waals surface area contributed by atoms with Crippen LogP contribution in [0, 0.1) is 24.0 Å². The average Bonchev–Trinajstić information content (AvgIpc) is 2.98. The standard InChI is InChI=1S/C18H17N3O5/c1-10-6-11(2)18-13(7-10)15(20-26-18)9-17(22)19-14-5-4-12(25-3)8-16(14)21(23)24/h4-8H,9H2,1-3H3,(H,19,22). The largest absolute Gasteiger partial charge is 0.496 e. The van der Waals surface area contributed by atoms with Gasteiger partial charge in [-0.2, -0.15) is 0 Å². The van der Waals surface area contributed by atoms with Gasteiger partial charge >= 0.3 is 0 Å². The van der Waals surface area contributed by atoms with Crippen molar-refractivity contribution in [3.8, 4) is 5.75 Å². The number of methoxy groups -OCH3 is 1. The Morgan fingerprint density at radius 1 is 1.31 bits per heavy atom.